The van der Waals surface area contributed by atoms with E-state index in [0.717, 1.165) is 0 Å². The van der Waals surface area contributed by atoms with Crippen molar-refractivity contribution in [3.8, 4) is 22.9 Å². The minimum absolute atomic E-state index is 0.172. The number of amides is 1. The smallest absolute Gasteiger partial charge is 0.237 e. The molecule has 4 rings (SSSR count). The number of ether oxygens (including phenoxy) is 2. The maximum absolute atomic E-state index is 13.6. The van der Waals surface area contributed by atoms with Gasteiger partial charge in [-0.3, -0.25) is 9.36 Å². The van der Waals surface area contributed by atoms with Crippen LogP contribution in [-0.2, 0) is 11.3 Å². The van der Waals surface area contributed by atoms with Gasteiger partial charge in [0, 0.05) is 23.9 Å². The second-order valence-electron chi connectivity index (χ2n) is 6.53. The van der Waals surface area contributed by atoms with Crippen molar-refractivity contribution in [2.45, 2.75) is 23.9 Å². The number of nitrogens with one attached hydrogen (secondary N) is 1. The van der Waals surface area contributed by atoms with E-state index in [9.17, 15) is 9.18 Å². The summed E-state index contributed by atoms with van der Waals surface area (Å²) in [6, 6.07) is 11.4. The Bertz CT molecular complexity index is 1100. The molecular weight excluding hydrogens is 407 g/mol. The molecule has 3 aromatic rings. The zero-order valence-corrected chi connectivity index (χ0v) is 17.0. The number of rotatable bonds is 7. The second kappa shape index (κ2) is 8.58. The van der Waals surface area contributed by atoms with Gasteiger partial charge in [0.05, 0.1) is 5.25 Å². The van der Waals surface area contributed by atoms with Crippen LogP contribution in [0.25, 0.3) is 11.4 Å². The summed E-state index contributed by atoms with van der Waals surface area (Å²) >= 11 is 1.26. The summed E-state index contributed by atoms with van der Waals surface area (Å²) in [5.41, 5.74) is 1.22. The van der Waals surface area contributed by atoms with E-state index in [4.69, 9.17) is 9.47 Å². The molecule has 1 aliphatic rings. The predicted octanol–water partition coefficient (Wildman–Crippen LogP) is 4.12. The monoisotopic (exact) mass is 426 g/mol. The fourth-order valence-corrected chi connectivity index (χ4v) is 3.80. The van der Waals surface area contributed by atoms with Crippen LogP contribution in [0.1, 0.15) is 6.92 Å². The maximum atomic E-state index is 13.6. The summed E-state index contributed by atoms with van der Waals surface area (Å²) in [6.07, 6.45) is 1.70. The van der Waals surface area contributed by atoms with Crippen LogP contribution in [0.5, 0.6) is 11.5 Å². The number of benzene rings is 2. The highest BCUT2D eigenvalue weighted by molar-refractivity contribution is 8.00. The first-order valence-electron chi connectivity index (χ1n) is 9.22. The van der Waals surface area contributed by atoms with E-state index in [-0.39, 0.29) is 18.5 Å². The number of hydrogen-bond donors (Lipinski definition) is 1. The van der Waals surface area contributed by atoms with Gasteiger partial charge in [0.15, 0.2) is 22.5 Å². The van der Waals surface area contributed by atoms with E-state index >= 15 is 0 Å². The number of halogens is 1. The van der Waals surface area contributed by atoms with Crippen LogP contribution in [0.15, 0.2) is 60.3 Å². The van der Waals surface area contributed by atoms with Crippen molar-refractivity contribution in [3.63, 3.8) is 0 Å². The fourth-order valence-electron chi connectivity index (χ4n) is 2.94. The molecule has 1 N–H and O–H groups in total. The predicted molar refractivity (Wildman–Crippen MR) is 112 cm³/mol. The van der Waals surface area contributed by atoms with Crippen LogP contribution in [0.3, 0.4) is 0 Å². The molecule has 1 atom stereocenters. The summed E-state index contributed by atoms with van der Waals surface area (Å²) < 4.78 is 26.0. The molecule has 1 aliphatic heterocycles. The maximum Gasteiger partial charge on any atom is 0.237 e. The molecule has 2 aromatic carbocycles. The average Bonchev–Trinajstić information content (AvgIpc) is 3.35. The van der Waals surface area contributed by atoms with Gasteiger partial charge in [0.1, 0.15) is 5.82 Å². The van der Waals surface area contributed by atoms with E-state index < -0.39 is 5.25 Å². The minimum Gasteiger partial charge on any atom is -0.454 e. The molecule has 0 fully saturated rings. The Hall–Kier alpha value is -3.33. The number of carbonyl (C=O) groups is 1. The number of fused-ring (bicyclic) bond motifs is 1. The summed E-state index contributed by atoms with van der Waals surface area (Å²) in [5, 5.41) is 11.4. The van der Waals surface area contributed by atoms with Gasteiger partial charge in [-0.05, 0) is 31.2 Å². The van der Waals surface area contributed by atoms with Crippen molar-refractivity contribution in [2.24, 2.45) is 0 Å². The summed E-state index contributed by atoms with van der Waals surface area (Å²) in [7, 11) is 0. The summed E-state index contributed by atoms with van der Waals surface area (Å²) in [6.45, 7) is 6.15. The number of aromatic nitrogens is 3. The van der Waals surface area contributed by atoms with Gasteiger partial charge in [0.2, 0.25) is 12.7 Å². The van der Waals surface area contributed by atoms with Crippen molar-refractivity contribution >= 4 is 23.4 Å². The molecule has 154 valence electrons. The van der Waals surface area contributed by atoms with Gasteiger partial charge in [-0.2, -0.15) is 0 Å². The molecule has 0 bridgehead atoms. The molecule has 0 radical (unpaired) electrons. The topological polar surface area (TPSA) is 78.3 Å². The van der Waals surface area contributed by atoms with Crippen LogP contribution in [0.4, 0.5) is 10.1 Å². The van der Waals surface area contributed by atoms with Crippen LogP contribution >= 0.6 is 11.8 Å². The van der Waals surface area contributed by atoms with Crippen molar-refractivity contribution in [2.75, 3.05) is 12.1 Å². The first-order chi connectivity index (χ1) is 14.5. The largest absolute Gasteiger partial charge is 0.454 e. The molecule has 0 saturated carbocycles. The third kappa shape index (κ3) is 4.16. The standard InChI is InChI=1S/C21H19FN4O3S/c1-3-9-26-19(14-5-4-6-15(22)10-14)24-25-21(26)30-13(2)20(27)23-16-7-8-17-18(11-16)29-12-28-17/h3-8,10-11,13H,1,9,12H2,2H3,(H,23,27). The molecule has 9 heteroatoms. The number of carbonyl (C=O) groups excluding carboxylic acids is 1. The lowest BCUT2D eigenvalue weighted by Gasteiger charge is -2.13. The third-order valence-electron chi connectivity index (χ3n) is 4.40. The van der Waals surface area contributed by atoms with Crippen molar-refractivity contribution in [1.82, 2.24) is 14.8 Å². The lowest BCUT2D eigenvalue weighted by molar-refractivity contribution is -0.115. The second-order valence-corrected chi connectivity index (χ2v) is 7.84. The van der Waals surface area contributed by atoms with Crippen LogP contribution in [0.2, 0.25) is 0 Å². The number of nitrogens with zero attached hydrogens (tertiary/aromatic N) is 3. The van der Waals surface area contributed by atoms with E-state index in [1.54, 1.807) is 47.9 Å². The van der Waals surface area contributed by atoms with Crippen LogP contribution in [0, 0.1) is 5.82 Å². The number of hydrogen-bond acceptors (Lipinski definition) is 6. The SMILES string of the molecule is C=CCn1c(SC(C)C(=O)Nc2ccc3c(c2)OCO3)nnc1-c1cccc(F)c1. The normalized spacial score (nSPS) is 13.1. The van der Waals surface area contributed by atoms with Gasteiger partial charge in [-0.15, -0.1) is 16.8 Å². The van der Waals surface area contributed by atoms with Gasteiger partial charge in [0.25, 0.3) is 0 Å². The van der Waals surface area contributed by atoms with Crippen LogP contribution < -0.4 is 14.8 Å². The molecule has 30 heavy (non-hydrogen) atoms. The first kappa shape index (κ1) is 20.0. The lowest BCUT2D eigenvalue weighted by atomic mass is 10.2. The van der Waals surface area contributed by atoms with Crippen molar-refractivity contribution in [3.05, 3.63) is 60.9 Å². The molecule has 1 amide bonds. The molecule has 1 unspecified atom stereocenters. The Morgan fingerprint density at radius 3 is 2.93 bits per heavy atom. The highest BCUT2D eigenvalue weighted by Crippen LogP contribution is 2.34. The van der Waals surface area contributed by atoms with Gasteiger partial charge in [-0.1, -0.05) is 30.0 Å². The van der Waals surface area contributed by atoms with E-state index in [1.807, 2.05) is 0 Å². The van der Waals surface area contributed by atoms with Gasteiger partial charge < -0.3 is 14.8 Å². The molecule has 0 spiro atoms. The number of thioether (sulfide) groups is 1. The Morgan fingerprint density at radius 2 is 2.13 bits per heavy atom. The highest BCUT2D eigenvalue weighted by atomic mass is 32.2. The first-order valence-corrected chi connectivity index (χ1v) is 10.1. The van der Waals surface area contributed by atoms with Crippen molar-refractivity contribution < 1.29 is 18.7 Å². The molecule has 0 saturated heterocycles. The molecule has 1 aromatic heterocycles. The van der Waals surface area contributed by atoms with Gasteiger partial charge in [-0.25, -0.2) is 4.39 Å². The summed E-state index contributed by atoms with van der Waals surface area (Å²) in [4.78, 5) is 12.7. The van der Waals surface area contributed by atoms with E-state index in [1.165, 1.54) is 23.9 Å². The van der Waals surface area contributed by atoms with Crippen molar-refractivity contribution in [1.29, 1.82) is 0 Å². The quantitative estimate of drug-likeness (QED) is 0.452. The Labute approximate surface area is 176 Å². The Balaban J connectivity index is 1.50. The van der Waals surface area contributed by atoms with E-state index in [2.05, 4.69) is 22.1 Å². The van der Waals surface area contributed by atoms with Gasteiger partial charge >= 0.3 is 0 Å². The number of allylic oxidation sites excluding steroid dienone is 1. The zero-order chi connectivity index (χ0) is 21.1. The number of anilines is 1. The fraction of sp³-hybridized carbons (Fsp3) is 0.190. The third-order valence-corrected chi connectivity index (χ3v) is 5.48. The molecule has 7 nitrogen and oxygen atoms in total. The highest BCUT2D eigenvalue weighted by Gasteiger charge is 2.22. The minimum atomic E-state index is -0.455. The Morgan fingerprint density at radius 1 is 1.30 bits per heavy atom. The summed E-state index contributed by atoms with van der Waals surface area (Å²) in [5.74, 6) is 1.21. The average molecular weight is 426 g/mol. The molecule has 2 heterocycles. The zero-order valence-electron chi connectivity index (χ0n) is 16.2. The van der Waals surface area contributed by atoms with E-state index in [0.29, 0.717) is 40.3 Å². The molecule has 0 aliphatic carbocycles. The van der Waals surface area contributed by atoms with Crippen LogP contribution in [-0.4, -0.2) is 32.7 Å². The molecular formula is C21H19FN4O3S. The lowest BCUT2D eigenvalue weighted by Crippen LogP contribution is -2.23. The Kier molecular flexibility index (Phi) is 5.71.